The lowest BCUT2D eigenvalue weighted by Crippen LogP contribution is -2.27. The number of Topliss-reactive ketones (excluding diaryl/α,β-unsaturated/α-hetero) is 2. The van der Waals surface area contributed by atoms with E-state index in [0.717, 1.165) is 19.3 Å². The molecule has 150 valence electrons. The Hall–Kier alpha value is -2.45. The van der Waals surface area contributed by atoms with Gasteiger partial charge in [0, 0.05) is 31.7 Å². The average Bonchev–Trinajstić information content (AvgIpc) is 3.10. The monoisotopic (exact) mass is 380 g/mol. The molecule has 0 radical (unpaired) electrons. The second-order valence-corrected chi connectivity index (χ2v) is 6.91. The van der Waals surface area contributed by atoms with Crippen LogP contribution in [0, 0.1) is 11.8 Å². The van der Waals surface area contributed by atoms with Crippen molar-refractivity contribution in [1.29, 1.82) is 0 Å². The predicted molar refractivity (Wildman–Crippen MR) is 98.5 cm³/mol. The van der Waals surface area contributed by atoms with Gasteiger partial charge in [-0.3, -0.25) is 19.2 Å². The Kier molecular flexibility index (Phi) is 10.1. The van der Waals surface area contributed by atoms with Crippen molar-refractivity contribution in [3.8, 4) is 0 Å². The molecule has 0 saturated carbocycles. The SMILES string of the molecule is CC(=O)[C@@H](C)CCCCNC(=O)CCC(CC(=O)CC1=NN=NC1)C(=O)O. The molecule has 0 aromatic carbocycles. The van der Waals surface area contributed by atoms with Crippen molar-refractivity contribution in [3.63, 3.8) is 0 Å². The van der Waals surface area contributed by atoms with E-state index in [9.17, 15) is 24.3 Å². The molecule has 27 heavy (non-hydrogen) atoms. The maximum Gasteiger partial charge on any atom is 0.306 e. The number of nitrogens with zero attached hydrogens (tertiary/aromatic N) is 3. The van der Waals surface area contributed by atoms with E-state index in [1.165, 1.54) is 0 Å². The molecule has 1 rings (SSSR count). The van der Waals surface area contributed by atoms with E-state index in [1.807, 2.05) is 6.92 Å². The summed E-state index contributed by atoms with van der Waals surface area (Å²) < 4.78 is 0. The van der Waals surface area contributed by atoms with E-state index < -0.39 is 11.9 Å². The lowest BCUT2D eigenvalue weighted by Gasteiger charge is -2.12. The second kappa shape index (κ2) is 12.0. The minimum Gasteiger partial charge on any atom is -0.481 e. The first-order valence-electron chi connectivity index (χ1n) is 9.23. The zero-order valence-corrected chi connectivity index (χ0v) is 15.9. The summed E-state index contributed by atoms with van der Waals surface area (Å²) >= 11 is 0. The molecule has 0 aromatic rings. The highest BCUT2D eigenvalue weighted by atomic mass is 16.4. The average molecular weight is 380 g/mol. The third kappa shape index (κ3) is 9.72. The number of carbonyl (C=O) groups excluding carboxylic acids is 3. The van der Waals surface area contributed by atoms with E-state index in [2.05, 4.69) is 20.8 Å². The second-order valence-electron chi connectivity index (χ2n) is 6.91. The highest BCUT2D eigenvalue weighted by Crippen LogP contribution is 2.15. The number of aliphatic carboxylic acids is 1. The van der Waals surface area contributed by atoms with Gasteiger partial charge in [0.25, 0.3) is 0 Å². The van der Waals surface area contributed by atoms with Gasteiger partial charge in [-0.15, -0.1) is 5.10 Å². The Balaban J connectivity index is 2.22. The summed E-state index contributed by atoms with van der Waals surface area (Å²) in [5.41, 5.74) is 0.529. The van der Waals surface area contributed by atoms with E-state index in [1.54, 1.807) is 6.92 Å². The Bertz CT molecular complexity index is 615. The van der Waals surface area contributed by atoms with E-state index in [0.29, 0.717) is 12.3 Å². The van der Waals surface area contributed by atoms with Crippen LogP contribution in [0.1, 0.15) is 58.8 Å². The van der Waals surface area contributed by atoms with Crippen molar-refractivity contribution in [2.75, 3.05) is 13.1 Å². The summed E-state index contributed by atoms with van der Waals surface area (Å²) in [5, 5.41) is 22.8. The Morgan fingerprint density at radius 1 is 1.19 bits per heavy atom. The lowest BCUT2D eigenvalue weighted by molar-refractivity contribution is -0.144. The first-order valence-corrected chi connectivity index (χ1v) is 9.23. The van der Waals surface area contributed by atoms with Crippen molar-refractivity contribution >= 4 is 29.2 Å². The number of hydrogen-bond donors (Lipinski definition) is 2. The number of amides is 1. The number of unbranched alkanes of at least 4 members (excludes halogenated alkanes) is 1. The number of carboxylic acids is 1. The molecule has 1 unspecified atom stereocenters. The van der Waals surface area contributed by atoms with Crippen LogP contribution in [0.15, 0.2) is 15.4 Å². The molecule has 2 N–H and O–H groups in total. The van der Waals surface area contributed by atoms with Crippen LogP contribution in [0.2, 0.25) is 0 Å². The highest BCUT2D eigenvalue weighted by Gasteiger charge is 2.23. The number of hydrogen-bond acceptors (Lipinski definition) is 7. The zero-order valence-electron chi connectivity index (χ0n) is 15.9. The molecule has 0 aromatic heterocycles. The zero-order chi connectivity index (χ0) is 20.2. The Morgan fingerprint density at radius 2 is 1.93 bits per heavy atom. The molecular weight excluding hydrogens is 352 g/mol. The topological polar surface area (TPSA) is 138 Å². The molecule has 0 spiro atoms. The van der Waals surface area contributed by atoms with Crippen LogP contribution in [0.4, 0.5) is 0 Å². The number of ketones is 2. The van der Waals surface area contributed by atoms with E-state index in [-0.39, 0.29) is 55.6 Å². The van der Waals surface area contributed by atoms with Crippen LogP contribution < -0.4 is 5.32 Å². The Morgan fingerprint density at radius 3 is 2.52 bits per heavy atom. The van der Waals surface area contributed by atoms with Crippen molar-refractivity contribution in [1.82, 2.24) is 5.32 Å². The molecule has 2 atom stereocenters. The van der Waals surface area contributed by atoms with Gasteiger partial charge in [-0.05, 0) is 31.4 Å². The van der Waals surface area contributed by atoms with Crippen molar-refractivity contribution in [2.24, 2.45) is 27.3 Å². The predicted octanol–water partition coefficient (Wildman–Crippen LogP) is 2.15. The largest absolute Gasteiger partial charge is 0.481 e. The quantitative estimate of drug-likeness (QED) is 0.445. The van der Waals surface area contributed by atoms with Gasteiger partial charge in [-0.2, -0.15) is 5.11 Å². The number of carbonyl (C=O) groups is 4. The summed E-state index contributed by atoms with van der Waals surface area (Å²) in [4.78, 5) is 46.3. The molecular formula is C18H28N4O5. The molecule has 1 aliphatic rings. The van der Waals surface area contributed by atoms with Gasteiger partial charge in [0.1, 0.15) is 18.1 Å². The third-order valence-corrected chi connectivity index (χ3v) is 4.53. The molecule has 1 amide bonds. The maximum atomic E-state index is 12.0. The van der Waals surface area contributed by atoms with Gasteiger partial charge in [-0.1, -0.05) is 13.3 Å². The third-order valence-electron chi connectivity index (χ3n) is 4.53. The van der Waals surface area contributed by atoms with Crippen LogP contribution in [0.25, 0.3) is 0 Å². The van der Waals surface area contributed by atoms with Crippen molar-refractivity contribution in [3.05, 3.63) is 0 Å². The molecule has 0 saturated heterocycles. The van der Waals surface area contributed by atoms with Crippen molar-refractivity contribution in [2.45, 2.75) is 58.8 Å². The van der Waals surface area contributed by atoms with E-state index >= 15 is 0 Å². The van der Waals surface area contributed by atoms with Gasteiger partial charge in [0.05, 0.1) is 11.6 Å². The molecule has 1 heterocycles. The fourth-order valence-electron chi connectivity index (χ4n) is 2.62. The number of rotatable bonds is 14. The molecule has 0 aliphatic carbocycles. The minimum absolute atomic E-state index is 0.0344. The fourth-order valence-corrected chi connectivity index (χ4v) is 2.62. The molecule has 0 fully saturated rings. The normalized spacial score (nSPS) is 15.1. The van der Waals surface area contributed by atoms with Gasteiger partial charge >= 0.3 is 5.97 Å². The molecule has 9 heteroatoms. The van der Waals surface area contributed by atoms with Crippen LogP contribution >= 0.6 is 0 Å². The number of carboxylic acid groups (broad SMARTS) is 1. The lowest BCUT2D eigenvalue weighted by atomic mass is 9.95. The summed E-state index contributed by atoms with van der Waals surface area (Å²) in [6.07, 6.45) is 2.47. The Labute approximate surface area is 158 Å². The van der Waals surface area contributed by atoms with Crippen molar-refractivity contribution < 1.29 is 24.3 Å². The smallest absolute Gasteiger partial charge is 0.306 e. The summed E-state index contributed by atoms with van der Waals surface area (Å²) in [5.74, 6) is -2.25. The maximum absolute atomic E-state index is 12.0. The van der Waals surface area contributed by atoms with Crippen LogP contribution in [-0.2, 0) is 19.2 Å². The molecule has 1 aliphatic heterocycles. The van der Waals surface area contributed by atoms with E-state index in [4.69, 9.17) is 0 Å². The number of nitrogens with one attached hydrogen (secondary N) is 1. The van der Waals surface area contributed by atoms with Gasteiger partial charge in [-0.25, -0.2) is 0 Å². The van der Waals surface area contributed by atoms with Gasteiger partial charge in [0.2, 0.25) is 5.91 Å². The summed E-state index contributed by atoms with van der Waals surface area (Å²) in [6.45, 7) is 4.23. The fraction of sp³-hybridized carbons (Fsp3) is 0.722. The standard InChI is InChI=1S/C18H28N4O5/c1-12(13(2)23)5-3-4-8-19-17(25)7-6-14(18(26)27)9-16(24)10-15-11-20-22-21-15/h12,14H,3-11H2,1-2H3,(H,19,25)(H,26,27)/t12-,14?/m0/s1. The van der Waals surface area contributed by atoms with Gasteiger partial charge in [0.15, 0.2) is 0 Å². The first kappa shape index (κ1) is 22.6. The molecule has 9 nitrogen and oxygen atoms in total. The highest BCUT2D eigenvalue weighted by molar-refractivity contribution is 6.04. The summed E-state index contributed by atoms with van der Waals surface area (Å²) in [7, 11) is 0. The van der Waals surface area contributed by atoms with Crippen LogP contribution in [-0.4, -0.2) is 47.4 Å². The van der Waals surface area contributed by atoms with Crippen LogP contribution in [0.5, 0.6) is 0 Å². The first-order chi connectivity index (χ1) is 12.8. The minimum atomic E-state index is -1.09. The molecule has 0 bridgehead atoms. The summed E-state index contributed by atoms with van der Waals surface area (Å²) in [6, 6.07) is 0. The van der Waals surface area contributed by atoms with Gasteiger partial charge < -0.3 is 10.4 Å². The van der Waals surface area contributed by atoms with Crippen LogP contribution in [0.3, 0.4) is 0 Å².